The highest BCUT2D eigenvalue weighted by Gasteiger charge is 2.46. The van der Waals surface area contributed by atoms with Gasteiger partial charge in [0.25, 0.3) is 5.91 Å². The third-order valence-corrected chi connectivity index (χ3v) is 7.17. The number of benzene rings is 1. The van der Waals surface area contributed by atoms with Crippen LogP contribution >= 0.6 is 11.3 Å². The van der Waals surface area contributed by atoms with Gasteiger partial charge in [0.2, 0.25) is 5.91 Å². The molecule has 3 heterocycles. The summed E-state index contributed by atoms with van der Waals surface area (Å²) < 4.78 is 0. The summed E-state index contributed by atoms with van der Waals surface area (Å²) in [5.74, 6) is 1.13. The maximum absolute atomic E-state index is 12.7. The fraction of sp³-hybridized carbons (Fsp3) is 0.409. The van der Waals surface area contributed by atoms with Gasteiger partial charge in [0.05, 0.1) is 22.0 Å². The second-order valence-electron chi connectivity index (χ2n) is 8.06. The predicted octanol–water partition coefficient (Wildman–Crippen LogP) is 2.65. The summed E-state index contributed by atoms with van der Waals surface area (Å²) in [4.78, 5) is 37.0. The number of nitrogens with one attached hydrogen (secondary N) is 3. The molecule has 2 fully saturated rings. The number of aromatic nitrogens is 2. The van der Waals surface area contributed by atoms with E-state index in [-0.39, 0.29) is 29.7 Å². The molecule has 0 radical (unpaired) electrons. The van der Waals surface area contributed by atoms with Crippen LogP contribution in [-0.4, -0.2) is 52.9 Å². The van der Waals surface area contributed by atoms with Crippen molar-refractivity contribution in [2.75, 3.05) is 26.2 Å². The Morgan fingerprint density at radius 2 is 2.00 bits per heavy atom. The van der Waals surface area contributed by atoms with Gasteiger partial charge < -0.3 is 20.5 Å². The molecule has 3 aromatic rings. The van der Waals surface area contributed by atoms with E-state index >= 15 is 0 Å². The van der Waals surface area contributed by atoms with Crippen molar-refractivity contribution in [1.82, 2.24) is 25.5 Å². The quantitative estimate of drug-likeness (QED) is 0.589. The molecule has 2 aliphatic rings. The van der Waals surface area contributed by atoms with Gasteiger partial charge in [-0.05, 0) is 37.6 Å². The Morgan fingerprint density at radius 1 is 1.20 bits per heavy atom. The molecule has 1 saturated carbocycles. The average Bonchev–Trinajstić information content (AvgIpc) is 3.21. The fourth-order valence-corrected chi connectivity index (χ4v) is 5.03. The molecule has 1 aromatic carbocycles. The number of amides is 2. The molecule has 1 saturated heterocycles. The van der Waals surface area contributed by atoms with E-state index in [1.54, 1.807) is 0 Å². The molecule has 5 rings (SSSR count). The van der Waals surface area contributed by atoms with Gasteiger partial charge in [-0.1, -0.05) is 12.1 Å². The maximum Gasteiger partial charge on any atom is 0.264 e. The number of hydrogen-bond acceptors (Lipinski definition) is 5. The first kappa shape index (κ1) is 19.3. The van der Waals surface area contributed by atoms with Gasteiger partial charge in [0.1, 0.15) is 5.82 Å². The normalized spacial score (nSPS) is 22.1. The number of thiophene rings is 1. The molecular weight excluding hydrogens is 398 g/mol. The van der Waals surface area contributed by atoms with E-state index < -0.39 is 0 Å². The number of carbonyl (C=O) groups excluding carboxylic acids is 2. The summed E-state index contributed by atoms with van der Waals surface area (Å²) in [6, 6.07) is 11.6. The third kappa shape index (κ3) is 3.73. The number of aromatic amines is 1. The minimum atomic E-state index is -0.121. The zero-order valence-electron chi connectivity index (χ0n) is 16.9. The van der Waals surface area contributed by atoms with Gasteiger partial charge in [-0.25, -0.2) is 4.98 Å². The highest BCUT2D eigenvalue weighted by atomic mass is 32.1. The van der Waals surface area contributed by atoms with Crippen LogP contribution in [0.1, 0.15) is 45.7 Å². The van der Waals surface area contributed by atoms with E-state index in [1.807, 2.05) is 48.2 Å². The van der Waals surface area contributed by atoms with E-state index in [4.69, 9.17) is 0 Å². The fourth-order valence-electron chi connectivity index (χ4n) is 4.05. The molecule has 3 N–H and O–H groups in total. The third-order valence-electron chi connectivity index (χ3n) is 5.91. The monoisotopic (exact) mass is 423 g/mol. The van der Waals surface area contributed by atoms with Gasteiger partial charge in [-0.3, -0.25) is 9.59 Å². The molecule has 1 unspecified atom stereocenters. The summed E-state index contributed by atoms with van der Waals surface area (Å²) in [6.45, 7) is 5.13. The number of para-hydroxylation sites is 2. The Bertz CT molecular complexity index is 1050. The van der Waals surface area contributed by atoms with Crippen LogP contribution in [0.5, 0.6) is 0 Å². The Morgan fingerprint density at radius 3 is 2.80 bits per heavy atom. The van der Waals surface area contributed by atoms with Crippen molar-refractivity contribution in [3.8, 4) is 0 Å². The van der Waals surface area contributed by atoms with Crippen molar-refractivity contribution >= 4 is 34.2 Å². The smallest absolute Gasteiger partial charge is 0.264 e. The van der Waals surface area contributed by atoms with E-state index in [2.05, 4.69) is 20.6 Å². The van der Waals surface area contributed by atoms with Crippen LogP contribution in [0.3, 0.4) is 0 Å². The van der Waals surface area contributed by atoms with Gasteiger partial charge in [0, 0.05) is 42.9 Å². The first-order valence-electron chi connectivity index (χ1n) is 10.4. The minimum Gasteiger partial charge on any atom is -0.349 e. The average molecular weight is 424 g/mol. The Labute approximate surface area is 178 Å². The van der Waals surface area contributed by atoms with Crippen LogP contribution in [0.4, 0.5) is 0 Å². The summed E-state index contributed by atoms with van der Waals surface area (Å²) in [6.07, 6.45) is 0.815. The van der Waals surface area contributed by atoms with Crippen molar-refractivity contribution in [1.29, 1.82) is 0 Å². The molecule has 7 nitrogen and oxygen atoms in total. The molecule has 2 aromatic heterocycles. The SMILES string of the molecule is CC(NC(=O)[C@H]1C[C@@H]1c1nc2ccccc2[nH]1)c1ccc(C(=O)N2CCNCC2)s1. The first-order chi connectivity index (χ1) is 14.6. The van der Waals surface area contributed by atoms with E-state index in [0.29, 0.717) is 0 Å². The highest BCUT2D eigenvalue weighted by Crippen LogP contribution is 2.47. The van der Waals surface area contributed by atoms with Gasteiger partial charge in [-0.15, -0.1) is 11.3 Å². The van der Waals surface area contributed by atoms with Crippen molar-refractivity contribution in [3.05, 3.63) is 52.0 Å². The van der Waals surface area contributed by atoms with Crippen LogP contribution in [0, 0.1) is 5.92 Å². The molecule has 156 valence electrons. The number of imidazole rings is 1. The topological polar surface area (TPSA) is 90.1 Å². The Balaban J connectivity index is 1.19. The summed E-state index contributed by atoms with van der Waals surface area (Å²) in [5.41, 5.74) is 1.94. The van der Waals surface area contributed by atoms with Crippen LogP contribution in [0.25, 0.3) is 11.0 Å². The van der Waals surface area contributed by atoms with E-state index in [9.17, 15) is 9.59 Å². The first-order valence-corrected chi connectivity index (χ1v) is 11.3. The maximum atomic E-state index is 12.7. The Hall–Kier alpha value is -2.71. The number of rotatable bonds is 5. The van der Waals surface area contributed by atoms with E-state index in [0.717, 1.165) is 59.2 Å². The Kier molecular flexibility index (Phi) is 5.04. The molecular formula is C22H25N5O2S. The number of H-pyrrole nitrogens is 1. The lowest BCUT2D eigenvalue weighted by atomic mass is 10.2. The lowest BCUT2D eigenvalue weighted by molar-refractivity contribution is -0.123. The van der Waals surface area contributed by atoms with Crippen LogP contribution in [0.15, 0.2) is 36.4 Å². The van der Waals surface area contributed by atoms with Crippen molar-refractivity contribution in [2.24, 2.45) is 5.92 Å². The van der Waals surface area contributed by atoms with Gasteiger partial charge in [-0.2, -0.15) is 0 Å². The number of hydrogen-bond donors (Lipinski definition) is 3. The molecule has 0 bridgehead atoms. The van der Waals surface area contributed by atoms with Crippen molar-refractivity contribution < 1.29 is 9.59 Å². The predicted molar refractivity (Wildman–Crippen MR) is 117 cm³/mol. The molecule has 2 amide bonds. The standard InChI is InChI=1S/C22H25N5O2S/c1-13(18-6-7-19(30-18)22(29)27-10-8-23-9-11-27)24-21(28)15-12-14(15)20-25-16-4-2-3-5-17(16)26-20/h2-7,13-15,23H,8-12H2,1H3,(H,24,28)(H,25,26)/t13?,14-,15-/m0/s1. The summed E-state index contributed by atoms with van der Waals surface area (Å²) >= 11 is 1.47. The molecule has 0 spiro atoms. The lowest BCUT2D eigenvalue weighted by Gasteiger charge is -2.26. The van der Waals surface area contributed by atoms with Gasteiger partial charge in [0.15, 0.2) is 0 Å². The number of fused-ring (bicyclic) bond motifs is 1. The zero-order valence-corrected chi connectivity index (χ0v) is 17.7. The minimum absolute atomic E-state index is 0.0464. The van der Waals surface area contributed by atoms with Crippen molar-refractivity contribution in [2.45, 2.75) is 25.3 Å². The largest absolute Gasteiger partial charge is 0.349 e. The molecule has 1 aliphatic heterocycles. The highest BCUT2D eigenvalue weighted by molar-refractivity contribution is 7.14. The number of piperazine rings is 1. The second kappa shape index (κ2) is 7.85. The molecule has 1 aliphatic carbocycles. The van der Waals surface area contributed by atoms with Crippen molar-refractivity contribution in [3.63, 3.8) is 0 Å². The zero-order chi connectivity index (χ0) is 20.7. The summed E-state index contributed by atoms with van der Waals surface area (Å²) in [5, 5.41) is 6.38. The molecule has 3 atom stereocenters. The van der Waals surface area contributed by atoms with Crippen LogP contribution in [-0.2, 0) is 4.79 Å². The number of nitrogens with zero attached hydrogens (tertiary/aromatic N) is 2. The second-order valence-corrected chi connectivity index (χ2v) is 9.18. The molecule has 30 heavy (non-hydrogen) atoms. The molecule has 8 heteroatoms. The summed E-state index contributed by atoms with van der Waals surface area (Å²) in [7, 11) is 0. The number of carbonyl (C=O) groups is 2. The lowest BCUT2D eigenvalue weighted by Crippen LogP contribution is -2.46. The van der Waals surface area contributed by atoms with Gasteiger partial charge >= 0.3 is 0 Å². The van der Waals surface area contributed by atoms with E-state index in [1.165, 1.54) is 11.3 Å². The van der Waals surface area contributed by atoms with Crippen LogP contribution in [0.2, 0.25) is 0 Å². The van der Waals surface area contributed by atoms with Crippen LogP contribution < -0.4 is 10.6 Å².